The zero-order valence-electron chi connectivity index (χ0n) is 13.4. The average Bonchev–Trinajstić information content (AvgIpc) is 3.04. The van der Waals surface area contributed by atoms with Crippen LogP contribution < -0.4 is 15.8 Å². The number of carboxylic acids is 1. The summed E-state index contributed by atoms with van der Waals surface area (Å²) >= 11 is 0. The highest BCUT2D eigenvalue weighted by molar-refractivity contribution is 6.05. The summed E-state index contributed by atoms with van der Waals surface area (Å²) in [4.78, 5) is 26.6. The number of amidine groups is 1. The second kappa shape index (κ2) is 6.93. The van der Waals surface area contributed by atoms with E-state index in [1.165, 1.54) is 18.3 Å². The van der Waals surface area contributed by atoms with Gasteiger partial charge in [0, 0.05) is 17.0 Å². The summed E-state index contributed by atoms with van der Waals surface area (Å²) in [7, 11) is 0. The van der Waals surface area contributed by atoms with Crippen molar-refractivity contribution >= 4 is 34.4 Å². The summed E-state index contributed by atoms with van der Waals surface area (Å²) in [5.41, 5.74) is 6.87. The van der Waals surface area contributed by atoms with Crippen molar-refractivity contribution in [3.8, 4) is 5.88 Å². The Labute approximate surface area is 146 Å². The maximum absolute atomic E-state index is 12.3. The van der Waals surface area contributed by atoms with E-state index in [0.717, 1.165) is 0 Å². The number of carbonyl (C=O) groups is 2. The monoisotopic (exact) mass is 354 g/mol. The predicted octanol–water partition coefficient (Wildman–Crippen LogP) is 1.83. The van der Waals surface area contributed by atoms with Crippen molar-refractivity contribution in [1.82, 2.24) is 4.98 Å². The number of nitrogens with one attached hydrogen (secondary N) is 2. The Morgan fingerprint density at radius 2 is 2.08 bits per heavy atom. The molecule has 0 aliphatic carbocycles. The van der Waals surface area contributed by atoms with E-state index in [9.17, 15) is 9.59 Å². The fourth-order valence-corrected chi connectivity index (χ4v) is 2.19. The highest BCUT2D eigenvalue weighted by atomic mass is 16.5. The minimum Gasteiger partial charge on any atom is -0.479 e. The van der Waals surface area contributed by atoms with Crippen molar-refractivity contribution in [3.63, 3.8) is 0 Å². The van der Waals surface area contributed by atoms with Crippen LogP contribution in [0.3, 0.4) is 0 Å². The first kappa shape index (κ1) is 17.0. The lowest BCUT2D eigenvalue weighted by atomic mass is 10.1. The SMILES string of the molecule is N=C(N)c1ccc2oc(C(=O)Nc3ccc(OCC(=O)O)nc3)cc2c1. The van der Waals surface area contributed by atoms with E-state index in [4.69, 9.17) is 25.4 Å². The molecule has 0 spiro atoms. The van der Waals surface area contributed by atoms with E-state index < -0.39 is 18.5 Å². The van der Waals surface area contributed by atoms with Gasteiger partial charge in [-0.2, -0.15) is 0 Å². The Morgan fingerprint density at radius 1 is 1.27 bits per heavy atom. The first-order valence-corrected chi connectivity index (χ1v) is 7.42. The molecule has 0 bridgehead atoms. The molecule has 1 amide bonds. The molecule has 0 saturated carbocycles. The summed E-state index contributed by atoms with van der Waals surface area (Å²) < 4.78 is 10.4. The molecule has 9 nitrogen and oxygen atoms in total. The molecular formula is C17H14N4O5. The van der Waals surface area contributed by atoms with Crippen molar-refractivity contribution in [2.45, 2.75) is 0 Å². The Morgan fingerprint density at radius 3 is 2.73 bits per heavy atom. The quantitative estimate of drug-likeness (QED) is 0.389. The number of hydrogen-bond acceptors (Lipinski definition) is 6. The second-order valence-corrected chi connectivity index (χ2v) is 5.30. The number of ether oxygens (including phenoxy) is 1. The largest absolute Gasteiger partial charge is 0.479 e. The molecule has 26 heavy (non-hydrogen) atoms. The van der Waals surface area contributed by atoms with Crippen molar-refractivity contribution < 1.29 is 23.8 Å². The Kier molecular flexibility index (Phi) is 4.52. The number of aromatic nitrogens is 1. The predicted molar refractivity (Wildman–Crippen MR) is 92.6 cm³/mol. The number of amides is 1. The van der Waals surface area contributed by atoms with Gasteiger partial charge in [-0.15, -0.1) is 0 Å². The molecule has 0 aliphatic heterocycles. The van der Waals surface area contributed by atoms with Gasteiger partial charge in [0.2, 0.25) is 5.88 Å². The molecule has 2 aromatic heterocycles. The van der Waals surface area contributed by atoms with Gasteiger partial charge >= 0.3 is 5.97 Å². The molecule has 0 radical (unpaired) electrons. The van der Waals surface area contributed by atoms with Crippen LogP contribution >= 0.6 is 0 Å². The molecule has 3 rings (SSSR count). The van der Waals surface area contributed by atoms with Crippen LogP contribution in [0.1, 0.15) is 16.1 Å². The Hall–Kier alpha value is -3.88. The van der Waals surface area contributed by atoms with E-state index in [0.29, 0.717) is 22.2 Å². The van der Waals surface area contributed by atoms with Crippen LogP contribution in [0.5, 0.6) is 5.88 Å². The van der Waals surface area contributed by atoms with Crippen LogP contribution in [-0.4, -0.2) is 34.4 Å². The third-order valence-electron chi connectivity index (χ3n) is 3.39. The zero-order valence-corrected chi connectivity index (χ0v) is 13.4. The Balaban J connectivity index is 1.72. The zero-order chi connectivity index (χ0) is 18.7. The van der Waals surface area contributed by atoms with Gasteiger partial charge in [-0.1, -0.05) is 0 Å². The van der Waals surface area contributed by atoms with Gasteiger partial charge in [0.15, 0.2) is 12.4 Å². The lowest BCUT2D eigenvalue weighted by molar-refractivity contribution is -0.139. The molecule has 3 aromatic rings. The number of nitrogen functional groups attached to an aromatic ring is 1. The van der Waals surface area contributed by atoms with Crippen LogP contribution in [0.4, 0.5) is 5.69 Å². The molecule has 0 aliphatic rings. The fraction of sp³-hybridized carbons (Fsp3) is 0.0588. The topological polar surface area (TPSA) is 152 Å². The van der Waals surface area contributed by atoms with Crippen molar-refractivity contribution in [3.05, 3.63) is 53.9 Å². The van der Waals surface area contributed by atoms with Gasteiger partial charge in [-0.3, -0.25) is 10.2 Å². The maximum atomic E-state index is 12.3. The molecule has 0 unspecified atom stereocenters. The van der Waals surface area contributed by atoms with Crippen LogP contribution in [0.15, 0.2) is 47.0 Å². The normalized spacial score (nSPS) is 10.5. The van der Waals surface area contributed by atoms with Gasteiger partial charge in [0.05, 0.1) is 11.9 Å². The van der Waals surface area contributed by atoms with Gasteiger partial charge in [-0.05, 0) is 30.3 Å². The number of fused-ring (bicyclic) bond motifs is 1. The third-order valence-corrected chi connectivity index (χ3v) is 3.39. The molecule has 5 N–H and O–H groups in total. The summed E-state index contributed by atoms with van der Waals surface area (Å²) in [6, 6.07) is 9.45. The second-order valence-electron chi connectivity index (χ2n) is 5.30. The van der Waals surface area contributed by atoms with Gasteiger partial charge < -0.3 is 25.3 Å². The number of pyridine rings is 1. The van der Waals surface area contributed by atoms with Gasteiger partial charge in [-0.25, -0.2) is 9.78 Å². The van der Waals surface area contributed by atoms with E-state index >= 15 is 0 Å². The smallest absolute Gasteiger partial charge is 0.341 e. The van der Waals surface area contributed by atoms with Gasteiger partial charge in [0.1, 0.15) is 11.4 Å². The van der Waals surface area contributed by atoms with E-state index in [1.807, 2.05) is 0 Å². The minimum atomic E-state index is -1.11. The third kappa shape index (κ3) is 3.78. The number of nitrogens with two attached hydrogens (primary N) is 1. The molecule has 9 heteroatoms. The molecule has 2 heterocycles. The molecular weight excluding hydrogens is 340 g/mol. The first-order valence-electron chi connectivity index (χ1n) is 7.42. The molecule has 132 valence electrons. The lowest BCUT2D eigenvalue weighted by Gasteiger charge is -2.05. The summed E-state index contributed by atoms with van der Waals surface area (Å²) in [6.07, 6.45) is 1.34. The van der Waals surface area contributed by atoms with Crippen LogP contribution in [0.2, 0.25) is 0 Å². The number of anilines is 1. The van der Waals surface area contributed by atoms with Crippen molar-refractivity contribution in [1.29, 1.82) is 5.41 Å². The summed E-state index contributed by atoms with van der Waals surface area (Å²) in [6.45, 7) is -0.500. The number of carboxylic acid groups (broad SMARTS) is 1. The number of carbonyl (C=O) groups excluding carboxylic acids is 1. The molecule has 0 saturated heterocycles. The number of hydrogen-bond donors (Lipinski definition) is 4. The highest BCUT2D eigenvalue weighted by Crippen LogP contribution is 2.22. The molecule has 0 atom stereocenters. The van der Waals surface area contributed by atoms with Gasteiger partial charge in [0.25, 0.3) is 5.91 Å². The fourth-order valence-electron chi connectivity index (χ4n) is 2.19. The minimum absolute atomic E-state index is 0.0737. The lowest BCUT2D eigenvalue weighted by Crippen LogP contribution is -2.12. The maximum Gasteiger partial charge on any atom is 0.341 e. The summed E-state index contributed by atoms with van der Waals surface area (Å²) in [5.74, 6) is -1.44. The van der Waals surface area contributed by atoms with Crippen LogP contribution in [-0.2, 0) is 4.79 Å². The number of furan rings is 1. The van der Waals surface area contributed by atoms with Crippen LogP contribution in [0.25, 0.3) is 11.0 Å². The number of rotatable bonds is 6. The van der Waals surface area contributed by atoms with E-state index in [1.54, 1.807) is 24.3 Å². The Bertz CT molecular complexity index is 994. The van der Waals surface area contributed by atoms with Crippen LogP contribution in [0, 0.1) is 5.41 Å². The number of aliphatic carboxylic acids is 1. The number of nitrogens with zero attached hydrogens (tertiary/aromatic N) is 1. The number of benzene rings is 1. The van der Waals surface area contributed by atoms with E-state index in [2.05, 4.69) is 10.3 Å². The first-order chi connectivity index (χ1) is 12.4. The van der Waals surface area contributed by atoms with Crippen molar-refractivity contribution in [2.24, 2.45) is 5.73 Å². The highest BCUT2D eigenvalue weighted by Gasteiger charge is 2.13. The van der Waals surface area contributed by atoms with E-state index in [-0.39, 0.29) is 17.5 Å². The summed E-state index contributed by atoms with van der Waals surface area (Å²) in [5, 5.41) is 19.2. The van der Waals surface area contributed by atoms with Crippen molar-refractivity contribution in [2.75, 3.05) is 11.9 Å². The molecule has 1 aromatic carbocycles. The standard InChI is InChI=1S/C17H14N4O5/c18-16(19)9-1-3-12-10(5-9)6-13(26-12)17(24)21-11-2-4-14(20-7-11)25-8-15(22)23/h1-7H,8H2,(H3,18,19)(H,21,24)(H,22,23). The molecule has 0 fully saturated rings. The average molecular weight is 354 g/mol.